The molecule has 2 aromatic carbocycles. The third-order valence-electron chi connectivity index (χ3n) is 4.06. The van der Waals surface area contributed by atoms with E-state index in [1.807, 2.05) is 0 Å². The van der Waals surface area contributed by atoms with Crippen molar-refractivity contribution in [3.8, 4) is 11.5 Å². The fourth-order valence-corrected chi connectivity index (χ4v) is 2.45. The van der Waals surface area contributed by atoms with E-state index in [1.54, 1.807) is 55.3 Å². The second-order valence-corrected chi connectivity index (χ2v) is 5.74. The number of carbonyl (C=O) groups is 1. The van der Waals surface area contributed by atoms with E-state index in [1.165, 1.54) is 6.07 Å². The van der Waals surface area contributed by atoms with Gasteiger partial charge in [-0.05, 0) is 32.2 Å². The molecule has 2 aromatic rings. The first-order chi connectivity index (χ1) is 11.5. The average molecular weight is 330 g/mol. The van der Waals surface area contributed by atoms with Gasteiger partial charge in [-0.1, -0.05) is 18.2 Å². The molecule has 1 heterocycles. The lowest BCUT2D eigenvalue weighted by Crippen LogP contribution is -2.39. The molecule has 126 valence electrons. The minimum absolute atomic E-state index is 0.173. The van der Waals surface area contributed by atoms with Crippen LogP contribution in [0.4, 0.5) is 10.1 Å². The molecule has 3 rings (SSSR count). The number of likely N-dealkylation sites (N-methyl/N-ethyl adjacent to an activating group) is 1. The third kappa shape index (κ3) is 3.49. The van der Waals surface area contributed by atoms with Gasteiger partial charge >= 0.3 is 0 Å². The summed E-state index contributed by atoms with van der Waals surface area (Å²) in [5, 5.41) is 2.84. The minimum atomic E-state index is -0.421. The van der Waals surface area contributed by atoms with E-state index in [9.17, 15) is 9.18 Å². The van der Waals surface area contributed by atoms with Crippen LogP contribution in [0.3, 0.4) is 0 Å². The molecular formula is C18H19FN2O3. The first-order valence-electron chi connectivity index (χ1n) is 7.69. The smallest absolute Gasteiger partial charge is 0.241 e. The second-order valence-electron chi connectivity index (χ2n) is 5.74. The summed E-state index contributed by atoms with van der Waals surface area (Å²) in [4.78, 5) is 14.2. The minimum Gasteiger partial charge on any atom is -0.454 e. The molecule has 0 saturated heterocycles. The zero-order valence-electron chi connectivity index (χ0n) is 13.6. The number of nitrogens with zero attached hydrogens (tertiary/aromatic N) is 1. The summed E-state index contributed by atoms with van der Waals surface area (Å²) < 4.78 is 24.3. The molecule has 5 nitrogen and oxygen atoms in total. The Morgan fingerprint density at radius 1 is 1.25 bits per heavy atom. The maximum Gasteiger partial charge on any atom is 0.241 e. The number of halogens is 1. The van der Waals surface area contributed by atoms with E-state index in [0.29, 0.717) is 29.3 Å². The van der Waals surface area contributed by atoms with Crippen molar-refractivity contribution in [2.75, 3.05) is 19.2 Å². The quantitative estimate of drug-likeness (QED) is 0.916. The molecule has 6 heteroatoms. The van der Waals surface area contributed by atoms with Crippen molar-refractivity contribution in [1.82, 2.24) is 4.90 Å². The largest absolute Gasteiger partial charge is 0.454 e. The topological polar surface area (TPSA) is 50.8 Å². The van der Waals surface area contributed by atoms with Gasteiger partial charge in [-0.25, -0.2) is 4.39 Å². The standard InChI is InChI=1S/C18H19FN2O3/c1-12(21(2)10-13-5-3-4-6-15(13)19)18(22)20-14-7-8-16-17(9-14)24-11-23-16/h3-9,12H,10-11H2,1-2H3,(H,20,22)/t12-/m1/s1. The van der Waals surface area contributed by atoms with Crippen molar-refractivity contribution in [3.63, 3.8) is 0 Å². The highest BCUT2D eigenvalue weighted by atomic mass is 19.1. The number of hydrogen-bond acceptors (Lipinski definition) is 4. The number of carbonyl (C=O) groups excluding carboxylic acids is 1. The van der Waals surface area contributed by atoms with Crippen LogP contribution in [0.15, 0.2) is 42.5 Å². The number of rotatable bonds is 5. The Hall–Kier alpha value is -2.60. The number of hydrogen-bond donors (Lipinski definition) is 1. The van der Waals surface area contributed by atoms with Gasteiger partial charge in [0.25, 0.3) is 0 Å². The normalized spacial score (nSPS) is 13.8. The highest BCUT2D eigenvalue weighted by molar-refractivity contribution is 5.94. The van der Waals surface area contributed by atoms with E-state index in [2.05, 4.69) is 5.32 Å². The Kier molecular flexibility index (Phi) is 4.66. The van der Waals surface area contributed by atoms with Gasteiger partial charge in [0, 0.05) is 23.9 Å². The number of ether oxygens (including phenoxy) is 2. The fraction of sp³-hybridized carbons (Fsp3) is 0.278. The second kappa shape index (κ2) is 6.88. The van der Waals surface area contributed by atoms with Crippen LogP contribution in [0.5, 0.6) is 11.5 Å². The Morgan fingerprint density at radius 3 is 2.79 bits per heavy atom. The van der Waals surface area contributed by atoms with Crippen LogP contribution in [0.25, 0.3) is 0 Å². The average Bonchev–Trinajstić information content (AvgIpc) is 3.03. The summed E-state index contributed by atoms with van der Waals surface area (Å²) in [6.07, 6.45) is 0. The highest BCUT2D eigenvalue weighted by Gasteiger charge is 2.20. The van der Waals surface area contributed by atoms with Gasteiger partial charge in [0.05, 0.1) is 6.04 Å². The molecule has 0 fully saturated rings. The maximum absolute atomic E-state index is 13.7. The van der Waals surface area contributed by atoms with Gasteiger partial charge in [0.2, 0.25) is 12.7 Å². The number of nitrogens with one attached hydrogen (secondary N) is 1. The molecule has 0 radical (unpaired) electrons. The molecule has 0 saturated carbocycles. The van der Waals surface area contributed by atoms with E-state index in [4.69, 9.17) is 9.47 Å². The van der Waals surface area contributed by atoms with Crippen molar-refractivity contribution >= 4 is 11.6 Å². The van der Waals surface area contributed by atoms with E-state index in [0.717, 1.165) is 0 Å². The lowest BCUT2D eigenvalue weighted by molar-refractivity contribution is -0.120. The molecular weight excluding hydrogens is 311 g/mol. The number of amides is 1. The predicted molar refractivity (Wildman–Crippen MR) is 88.5 cm³/mol. The zero-order valence-corrected chi connectivity index (χ0v) is 13.6. The molecule has 1 atom stereocenters. The monoisotopic (exact) mass is 330 g/mol. The third-order valence-corrected chi connectivity index (χ3v) is 4.06. The zero-order chi connectivity index (χ0) is 17.1. The van der Waals surface area contributed by atoms with Crippen molar-refractivity contribution in [1.29, 1.82) is 0 Å². The first kappa shape index (κ1) is 16.3. The molecule has 0 bridgehead atoms. The molecule has 1 aliphatic heterocycles. The van der Waals surface area contributed by atoms with Gasteiger partial charge in [-0.2, -0.15) is 0 Å². The van der Waals surface area contributed by atoms with Gasteiger partial charge < -0.3 is 14.8 Å². The van der Waals surface area contributed by atoms with Gasteiger partial charge in [-0.15, -0.1) is 0 Å². The number of benzene rings is 2. The lowest BCUT2D eigenvalue weighted by Gasteiger charge is -2.24. The maximum atomic E-state index is 13.7. The number of anilines is 1. The van der Waals surface area contributed by atoms with Crippen molar-refractivity contribution in [3.05, 3.63) is 53.8 Å². The Balaban J connectivity index is 1.63. The van der Waals surface area contributed by atoms with Crippen LogP contribution in [0, 0.1) is 5.82 Å². The van der Waals surface area contributed by atoms with E-state index in [-0.39, 0.29) is 18.5 Å². The highest BCUT2D eigenvalue weighted by Crippen LogP contribution is 2.34. The van der Waals surface area contributed by atoms with E-state index >= 15 is 0 Å². The number of fused-ring (bicyclic) bond motifs is 1. The Bertz CT molecular complexity index is 751. The molecule has 1 aliphatic rings. The van der Waals surface area contributed by atoms with Gasteiger partial charge in [-0.3, -0.25) is 9.69 Å². The van der Waals surface area contributed by atoms with Crippen LogP contribution in [0.1, 0.15) is 12.5 Å². The van der Waals surface area contributed by atoms with Gasteiger partial charge in [0.15, 0.2) is 11.5 Å². The summed E-state index contributed by atoms with van der Waals surface area (Å²) in [5.41, 5.74) is 1.19. The van der Waals surface area contributed by atoms with Gasteiger partial charge in [0.1, 0.15) is 5.82 Å². The molecule has 1 amide bonds. The Labute approximate surface area is 140 Å². The first-order valence-corrected chi connectivity index (χ1v) is 7.69. The van der Waals surface area contributed by atoms with Crippen LogP contribution < -0.4 is 14.8 Å². The molecule has 0 aliphatic carbocycles. The van der Waals surface area contributed by atoms with Crippen LogP contribution >= 0.6 is 0 Å². The Morgan fingerprint density at radius 2 is 2.00 bits per heavy atom. The molecule has 0 unspecified atom stereocenters. The molecule has 0 aromatic heterocycles. The summed E-state index contributed by atoms with van der Waals surface area (Å²) in [7, 11) is 1.79. The van der Waals surface area contributed by atoms with Crippen LogP contribution in [-0.4, -0.2) is 30.7 Å². The summed E-state index contributed by atoms with van der Waals surface area (Å²) in [6.45, 7) is 2.32. The molecule has 1 N–H and O–H groups in total. The van der Waals surface area contributed by atoms with Crippen LogP contribution in [0.2, 0.25) is 0 Å². The summed E-state index contributed by atoms with van der Waals surface area (Å²) >= 11 is 0. The van der Waals surface area contributed by atoms with Crippen molar-refractivity contribution < 1.29 is 18.7 Å². The van der Waals surface area contributed by atoms with Crippen LogP contribution in [-0.2, 0) is 11.3 Å². The lowest BCUT2D eigenvalue weighted by atomic mass is 10.1. The summed E-state index contributed by atoms with van der Waals surface area (Å²) in [6, 6.07) is 11.4. The SMILES string of the molecule is C[C@H](C(=O)Nc1ccc2c(c1)OCO2)N(C)Cc1ccccc1F. The molecule has 24 heavy (non-hydrogen) atoms. The molecule has 0 spiro atoms. The summed E-state index contributed by atoms with van der Waals surface area (Å²) in [5.74, 6) is 0.832. The van der Waals surface area contributed by atoms with E-state index < -0.39 is 6.04 Å². The fourth-order valence-electron chi connectivity index (χ4n) is 2.45. The van der Waals surface area contributed by atoms with Crippen molar-refractivity contribution in [2.24, 2.45) is 0 Å². The van der Waals surface area contributed by atoms with Crippen molar-refractivity contribution in [2.45, 2.75) is 19.5 Å². The predicted octanol–water partition coefficient (Wildman–Crippen LogP) is 3.01.